The van der Waals surface area contributed by atoms with E-state index in [4.69, 9.17) is 18.9 Å². The molecule has 28 heavy (non-hydrogen) atoms. The van der Waals surface area contributed by atoms with Crippen molar-refractivity contribution < 1.29 is 18.9 Å². The Kier molecular flexibility index (Phi) is 4.01. The fraction of sp³-hybridized carbons (Fsp3) is 0.211. The van der Waals surface area contributed by atoms with Crippen LogP contribution < -0.4 is 18.9 Å². The number of para-hydroxylation sites is 2. The van der Waals surface area contributed by atoms with Gasteiger partial charge in [0, 0.05) is 5.56 Å². The minimum absolute atomic E-state index is 0.292. The van der Waals surface area contributed by atoms with Crippen molar-refractivity contribution in [3.63, 3.8) is 0 Å². The number of nitrogens with zero attached hydrogens (tertiary/aromatic N) is 4. The van der Waals surface area contributed by atoms with Crippen LogP contribution in [0.25, 0.3) is 16.3 Å². The highest BCUT2D eigenvalue weighted by Gasteiger charge is 2.27. The second kappa shape index (κ2) is 6.68. The van der Waals surface area contributed by atoms with Gasteiger partial charge in [-0.1, -0.05) is 23.5 Å². The number of aromatic nitrogens is 4. The van der Waals surface area contributed by atoms with Crippen molar-refractivity contribution in [3.8, 4) is 34.4 Å². The Hall–Kier alpha value is -3.33. The maximum absolute atomic E-state index is 6.05. The maximum Gasteiger partial charge on any atom is 0.235 e. The summed E-state index contributed by atoms with van der Waals surface area (Å²) in [6, 6.07) is 13.2. The lowest BCUT2D eigenvalue weighted by molar-refractivity contribution is 0.0904. The Morgan fingerprint density at radius 2 is 1.86 bits per heavy atom. The van der Waals surface area contributed by atoms with E-state index < -0.39 is 0 Å². The standard InChI is InChI=1S/C19H16N4O4S/c1-24-12-8-7-11(9-15(12)25-2)17-20-21-19-23(17)22-18(28-19)16-10-26-13-5-3-4-6-14(13)27-16/h3-9,16H,10H2,1-2H3. The molecule has 9 heteroatoms. The third kappa shape index (κ3) is 2.71. The largest absolute Gasteiger partial charge is 0.493 e. The molecular formula is C19H16N4O4S. The van der Waals surface area contributed by atoms with Crippen LogP contribution in [0.2, 0.25) is 0 Å². The highest BCUT2D eigenvalue weighted by Crippen LogP contribution is 2.37. The van der Waals surface area contributed by atoms with Crippen LogP contribution in [0, 0.1) is 0 Å². The van der Waals surface area contributed by atoms with E-state index in [0.29, 0.717) is 34.6 Å². The van der Waals surface area contributed by atoms with Crippen molar-refractivity contribution in [1.29, 1.82) is 0 Å². The van der Waals surface area contributed by atoms with Gasteiger partial charge in [0.05, 0.1) is 14.2 Å². The molecule has 2 aromatic heterocycles. The molecule has 0 spiro atoms. The van der Waals surface area contributed by atoms with Crippen molar-refractivity contribution in [2.75, 3.05) is 20.8 Å². The number of rotatable bonds is 4. The van der Waals surface area contributed by atoms with Gasteiger partial charge in [0.25, 0.3) is 0 Å². The summed E-state index contributed by atoms with van der Waals surface area (Å²) in [4.78, 5) is 0.683. The number of hydrogen-bond donors (Lipinski definition) is 0. The number of benzene rings is 2. The Morgan fingerprint density at radius 1 is 1.04 bits per heavy atom. The zero-order valence-electron chi connectivity index (χ0n) is 15.2. The molecule has 8 nitrogen and oxygen atoms in total. The molecule has 0 radical (unpaired) electrons. The van der Waals surface area contributed by atoms with E-state index in [1.165, 1.54) is 11.3 Å². The van der Waals surface area contributed by atoms with E-state index in [2.05, 4.69) is 15.3 Å². The first kappa shape index (κ1) is 16.8. The maximum atomic E-state index is 6.05. The molecule has 4 aromatic rings. The van der Waals surface area contributed by atoms with E-state index >= 15 is 0 Å². The van der Waals surface area contributed by atoms with Gasteiger partial charge in [-0.05, 0) is 30.3 Å². The molecule has 0 fully saturated rings. The van der Waals surface area contributed by atoms with Crippen molar-refractivity contribution in [3.05, 3.63) is 47.5 Å². The molecule has 0 amide bonds. The van der Waals surface area contributed by atoms with Gasteiger partial charge in [0.2, 0.25) is 4.96 Å². The molecule has 0 aliphatic carbocycles. The van der Waals surface area contributed by atoms with Crippen LogP contribution in [0.15, 0.2) is 42.5 Å². The second-order valence-corrected chi connectivity index (χ2v) is 7.08. The summed E-state index contributed by atoms with van der Waals surface area (Å²) in [7, 11) is 3.20. The Labute approximate surface area is 164 Å². The summed E-state index contributed by atoms with van der Waals surface area (Å²) in [6.07, 6.45) is -0.292. The molecule has 1 aliphatic rings. The smallest absolute Gasteiger partial charge is 0.235 e. The number of ether oxygens (including phenoxy) is 4. The van der Waals surface area contributed by atoms with Gasteiger partial charge >= 0.3 is 0 Å². The first-order valence-electron chi connectivity index (χ1n) is 8.60. The number of methoxy groups -OCH3 is 2. The third-order valence-electron chi connectivity index (χ3n) is 4.43. The molecule has 1 aliphatic heterocycles. The number of hydrogen-bond acceptors (Lipinski definition) is 8. The molecule has 1 unspecified atom stereocenters. The van der Waals surface area contributed by atoms with Crippen LogP contribution in [0.1, 0.15) is 11.1 Å². The topological polar surface area (TPSA) is 80.0 Å². The van der Waals surface area contributed by atoms with E-state index in [0.717, 1.165) is 16.3 Å². The average molecular weight is 396 g/mol. The molecular weight excluding hydrogens is 380 g/mol. The molecule has 0 saturated heterocycles. The summed E-state index contributed by atoms with van der Waals surface area (Å²) in [5.41, 5.74) is 0.827. The number of fused-ring (bicyclic) bond motifs is 2. The van der Waals surface area contributed by atoms with Crippen LogP contribution in [0.3, 0.4) is 0 Å². The Morgan fingerprint density at radius 3 is 2.68 bits per heavy atom. The van der Waals surface area contributed by atoms with Gasteiger partial charge in [0.15, 0.2) is 39.9 Å². The zero-order chi connectivity index (χ0) is 19.1. The summed E-state index contributed by atoms with van der Waals surface area (Å²) in [5.74, 6) is 3.35. The predicted octanol–water partition coefficient (Wildman–Crippen LogP) is 3.38. The van der Waals surface area contributed by atoms with Crippen molar-refractivity contribution in [2.45, 2.75) is 6.10 Å². The lowest BCUT2D eigenvalue weighted by Gasteiger charge is -2.24. The molecule has 3 heterocycles. The van der Waals surface area contributed by atoms with Crippen molar-refractivity contribution in [2.24, 2.45) is 0 Å². The van der Waals surface area contributed by atoms with Gasteiger partial charge in [-0.2, -0.15) is 9.61 Å². The lowest BCUT2D eigenvalue weighted by Crippen LogP contribution is -2.21. The highest BCUT2D eigenvalue weighted by molar-refractivity contribution is 7.16. The summed E-state index contributed by atoms with van der Waals surface area (Å²) >= 11 is 1.43. The van der Waals surface area contributed by atoms with Gasteiger partial charge in [-0.25, -0.2) is 0 Å². The van der Waals surface area contributed by atoms with Crippen LogP contribution in [0.5, 0.6) is 23.0 Å². The molecule has 142 valence electrons. The minimum atomic E-state index is -0.292. The van der Waals surface area contributed by atoms with Crippen molar-refractivity contribution >= 4 is 16.3 Å². The van der Waals surface area contributed by atoms with Crippen LogP contribution in [0.4, 0.5) is 0 Å². The molecule has 0 saturated carbocycles. The molecule has 2 aromatic carbocycles. The normalized spacial score (nSPS) is 15.6. The molecule has 0 N–H and O–H groups in total. The Balaban J connectivity index is 1.50. The predicted molar refractivity (Wildman–Crippen MR) is 103 cm³/mol. The zero-order valence-corrected chi connectivity index (χ0v) is 16.0. The third-order valence-corrected chi connectivity index (χ3v) is 5.42. The second-order valence-electron chi connectivity index (χ2n) is 6.09. The van der Waals surface area contributed by atoms with E-state index in [-0.39, 0.29) is 6.10 Å². The van der Waals surface area contributed by atoms with Crippen LogP contribution >= 0.6 is 11.3 Å². The van der Waals surface area contributed by atoms with Crippen molar-refractivity contribution in [1.82, 2.24) is 19.8 Å². The quantitative estimate of drug-likeness (QED) is 0.523. The van der Waals surface area contributed by atoms with Gasteiger partial charge in [0.1, 0.15) is 6.61 Å². The van der Waals surface area contributed by atoms with Gasteiger partial charge in [-0.3, -0.25) is 0 Å². The monoisotopic (exact) mass is 396 g/mol. The Bertz CT molecular complexity index is 1160. The minimum Gasteiger partial charge on any atom is -0.493 e. The fourth-order valence-electron chi connectivity index (χ4n) is 3.06. The summed E-state index contributed by atoms with van der Waals surface area (Å²) < 4.78 is 24.2. The van der Waals surface area contributed by atoms with E-state index in [1.807, 2.05) is 42.5 Å². The van der Waals surface area contributed by atoms with Crippen LogP contribution in [-0.2, 0) is 0 Å². The fourth-order valence-corrected chi connectivity index (χ4v) is 3.91. The highest BCUT2D eigenvalue weighted by atomic mass is 32.1. The molecule has 1 atom stereocenters. The van der Waals surface area contributed by atoms with Crippen LogP contribution in [-0.4, -0.2) is 40.6 Å². The first-order chi connectivity index (χ1) is 13.8. The van der Waals surface area contributed by atoms with E-state index in [9.17, 15) is 0 Å². The van der Waals surface area contributed by atoms with Gasteiger partial charge < -0.3 is 18.9 Å². The lowest BCUT2D eigenvalue weighted by atomic mass is 10.2. The summed E-state index contributed by atoms with van der Waals surface area (Å²) in [5, 5.41) is 14.0. The molecule has 0 bridgehead atoms. The first-order valence-corrected chi connectivity index (χ1v) is 9.41. The van der Waals surface area contributed by atoms with Gasteiger partial charge in [-0.15, -0.1) is 10.2 Å². The SMILES string of the molecule is COc1ccc(-c2nnc3sc(C4COc5ccccc5O4)nn23)cc1OC. The average Bonchev–Trinajstić information content (AvgIpc) is 3.34. The van der Waals surface area contributed by atoms with E-state index in [1.54, 1.807) is 18.7 Å². The summed E-state index contributed by atoms with van der Waals surface area (Å²) in [6.45, 7) is 0.396. The molecule has 5 rings (SSSR count).